The third-order valence-corrected chi connectivity index (χ3v) is 6.16. The first-order chi connectivity index (χ1) is 12.7. The number of hydrogen-bond donors (Lipinski definition) is 1. The molecule has 27 heavy (non-hydrogen) atoms. The van der Waals surface area contributed by atoms with Crippen LogP contribution in [0.25, 0.3) is 0 Å². The zero-order valence-corrected chi connectivity index (χ0v) is 16.6. The van der Waals surface area contributed by atoms with Crippen molar-refractivity contribution < 1.29 is 17.6 Å². The number of aromatic nitrogens is 3. The second kappa shape index (κ2) is 7.85. The molecule has 0 radical (unpaired) electrons. The van der Waals surface area contributed by atoms with E-state index >= 15 is 0 Å². The minimum absolute atomic E-state index is 0.0528. The highest BCUT2D eigenvalue weighted by atomic mass is 32.2. The molecule has 146 valence electrons. The molecule has 1 saturated carbocycles. The molecule has 1 aliphatic rings. The predicted molar refractivity (Wildman–Crippen MR) is 100 cm³/mol. The summed E-state index contributed by atoms with van der Waals surface area (Å²) >= 11 is 1.24. The van der Waals surface area contributed by atoms with Crippen molar-refractivity contribution in [1.29, 1.82) is 0 Å². The van der Waals surface area contributed by atoms with Crippen LogP contribution in [0.3, 0.4) is 0 Å². The van der Waals surface area contributed by atoms with Crippen molar-refractivity contribution in [3.05, 3.63) is 35.9 Å². The van der Waals surface area contributed by atoms with E-state index in [9.17, 15) is 17.6 Å². The molecule has 8 nitrogen and oxygen atoms in total. The molecule has 0 spiro atoms. The van der Waals surface area contributed by atoms with E-state index in [1.165, 1.54) is 36.0 Å². The summed E-state index contributed by atoms with van der Waals surface area (Å²) in [5.74, 6) is 0.121. The van der Waals surface area contributed by atoms with E-state index < -0.39 is 15.8 Å². The van der Waals surface area contributed by atoms with Gasteiger partial charge in [-0.25, -0.2) is 12.8 Å². The average Bonchev–Trinajstić information content (AvgIpc) is 3.34. The molecule has 2 aromatic rings. The van der Waals surface area contributed by atoms with E-state index in [2.05, 4.69) is 15.5 Å². The summed E-state index contributed by atoms with van der Waals surface area (Å²) in [6.45, 7) is -0.0528. The number of sulfonamides is 1. The van der Waals surface area contributed by atoms with Crippen molar-refractivity contribution in [2.24, 2.45) is 7.05 Å². The zero-order valence-electron chi connectivity index (χ0n) is 14.9. The number of carbonyl (C=O) groups is 1. The Morgan fingerprint density at radius 3 is 2.59 bits per heavy atom. The van der Waals surface area contributed by atoms with Crippen LogP contribution in [0.1, 0.15) is 18.7 Å². The predicted octanol–water partition coefficient (Wildman–Crippen LogP) is 1.29. The number of carbonyl (C=O) groups excluding carboxylic acids is 1. The fraction of sp³-hybridized carbons (Fsp3) is 0.438. The van der Waals surface area contributed by atoms with Crippen molar-refractivity contribution in [2.45, 2.75) is 30.6 Å². The molecule has 0 unspecified atom stereocenters. The first kappa shape index (κ1) is 19.6. The van der Waals surface area contributed by atoms with Crippen molar-refractivity contribution >= 4 is 33.4 Å². The largest absolute Gasteiger partial charge is 0.353 e. The van der Waals surface area contributed by atoms with E-state index in [0.29, 0.717) is 22.7 Å². The molecule has 0 saturated heterocycles. The van der Waals surface area contributed by atoms with Gasteiger partial charge in [-0.15, -0.1) is 10.2 Å². The summed E-state index contributed by atoms with van der Waals surface area (Å²) in [5.41, 5.74) is 0.333. The Kier molecular flexibility index (Phi) is 5.70. The second-order valence-corrected chi connectivity index (χ2v) is 9.18. The van der Waals surface area contributed by atoms with Gasteiger partial charge in [-0.2, -0.15) is 0 Å². The van der Waals surface area contributed by atoms with Crippen molar-refractivity contribution in [1.82, 2.24) is 20.1 Å². The summed E-state index contributed by atoms with van der Waals surface area (Å²) in [6.07, 6.45) is 3.12. The number of anilines is 1. The first-order valence-corrected chi connectivity index (χ1v) is 11.1. The molecule has 1 heterocycles. The number of thioether (sulfide) groups is 1. The van der Waals surface area contributed by atoms with Crippen LogP contribution in [0, 0.1) is 5.82 Å². The van der Waals surface area contributed by atoms with Crippen molar-refractivity contribution in [2.75, 3.05) is 16.3 Å². The minimum atomic E-state index is -3.61. The summed E-state index contributed by atoms with van der Waals surface area (Å²) in [6, 6.07) is 5.48. The molecule has 1 aromatic carbocycles. The van der Waals surface area contributed by atoms with Gasteiger partial charge in [0.2, 0.25) is 15.9 Å². The maximum atomic E-state index is 13.1. The Balaban J connectivity index is 1.71. The minimum Gasteiger partial charge on any atom is -0.353 e. The van der Waals surface area contributed by atoms with Gasteiger partial charge in [-0.05, 0) is 37.1 Å². The molecule has 0 atom stereocenters. The van der Waals surface area contributed by atoms with Crippen molar-refractivity contribution in [3.8, 4) is 0 Å². The fourth-order valence-electron chi connectivity index (χ4n) is 2.37. The third-order valence-electron chi connectivity index (χ3n) is 4.00. The molecule has 1 aromatic heterocycles. The number of halogens is 1. The van der Waals surface area contributed by atoms with Crippen LogP contribution in [-0.2, 0) is 28.4 Å². The normalized spacial score (nSPS) is 14.2. The number of nitrogens with zero attached hydrogens (tertiary/aromatic N) is 4. The van der Waals surface area contributed by atoms with Gasteiger partial charge in [0, 0.05) is 13.1 Å². The number of benzene rings is 1. The first-order valence-electron chi connectivity index (χ1n) is 8.28. The lowest BCUT2D eigenvalue weighted by atomic mass is 10.3. The standard InChI is InChI=1S/C16H20FN5O3S2/c1-21-14(19-20-16(21)26-10-15(23)18-12-5-6-12)9-22(27(2,24)25)13-7-3-11(17)4-8-13/h3-4,7-8,12H,5-6,9-10H2,1-2H3,(H,18,23). The topological polar surface area (TPSA) is 97.2 Å². The molecule has 1 aliphatic carbocycles. The molecule has 1 fully saturated rings. The second-order valence-electron chi connectivity index (χ2n) is 6.33. The lowest BCUT2D eigenvalue weighted by Crippen LogP contribution is -2.30. The molecule has 1 amide bonds. The Hall–Kier alpha value is -2.14. The average molecular weight is 414 g/mol. The van der Waals surface area contributed by atoms with E-state index in [1.807, 2.05) is 0 Å². The lowest BCUT2D eigenvalue weighted by molar-refractivity contribution is -0.118. The highest BCUT2D eigenvalue weighted by molar-refractivity contribution is 7.99. The van der Waals surface area contributed by atoms with Crippen LogP contribution in [0.5, 0.6) is 0 Å². The Morgan fingerprint density at radius 2 is 2.00 bits per heavy atom. The lowest BCUT2D eigenvalue weighted by Gasteiger charge is -2.21. The van der Waals surface area contributed by atoms with E-state index in [4.69, 9.17) is 0 Å². The molecular weight excluding hydrogens is 393 g/mol. The Bertz CT molecular complexity index is 926. The van der Waals surface area contributed by atoms with Gasteiger partial charge in [-0.1, -0.05) is 11.8 Å². The number of nitrogens with one attached hydrogen (secondary N) is 1. The number of amides is 1. The molecule has 1 N–H and O–H groups in total. The molecular formula is C16H20FN5O3S2. The van der Waals surface area contributed by atoms with Crippen LogP contribution in [0.4, 0.5) is 10.1 Å². The van der Waals surface area contributed by atoms with E-state index in [0.717, 1.165) is 23.4 Å². The Labute approximate surface area is 161 Å². The fourth-order valence-corrected chi connectivity index (χ4v) is 3.97. The summed E-state index contributed by atoms with van der Waals surface area (Å²) in [7, 11) is -1.90. The van der Waals surface area contributed by atoms with Gasteiger partial charge in [0.05, 0.1) is 24.2 Å². The highest BCUT2D eigenvalue weighted by Crippen LogP contribution is 2.23. The number of rotatable bonds is 8. The maximum absolute atomic E-state index is 13.1. The summed E-state index contributed by atoms with van der Waals surface area (Å²) in [5, 5.41) is 11.5. The zero-order chi connectivity index (χ0) is 19.6. The van der Waals surface area contributed by atoms with E-state index in [1.54, 1.807) is 11.6 Å². The Morgan fingerprint density at radius 1 is 1.33 bits per heavy atom. The van der Waals surface area contributed by atoms with Crippen molar-refractivity contribution in [3.63, 3.8) is 0 Å². The number of hydrogen-bond acceptors (Lipinski definition) is 6. The van der Waals surface area contributed by atoms with Gasteiger partial charge >= 0.3 is 0 Å². The monoisotopic (exact) mass is 413 g/mol. The van der Waals surface area contributed by atoms with Gasteiger partial charge in [0.1, 0.15) is 5.82 Å². The quantitative estimate of drug-likeness (QED) is 0.655. The van der Waals surface area contributed by atoms with Crippen LogP contribution in [0.15, 0.2) is 29.4 Å². The smallest absolute Gasteiger partial charge is 0.232 e. The van der Waals surface area contributed by atoms with Gasteiger partial charge in [0.25, 0.3) is 0 Å². The van der Waals surface area contributed by atoms with Crippen LogP contribution in [0.2, 0.25) is 0 Å². The van der Waals surface area contributed by atoms with Gasteiger partial charge in [-0.3, -0.25) is 9.10 Å². The van der Waals surface area contributed by atoms with Crippen LogP contribution in [-0.4, -0.2) is 47.1 Å². The molecule has 0 bridgehead atoms. The highest BCUT2D eigenvalue weighted by Gasteiger charge is 2.24. The molecule has 11 heteroatoms. The van der Waals surface area contributed by atoms with E-state index in [-0.39, 0.29) is 18.2 Å². The SMILES string of the molecule is Cn1c(CN(c2ccc(F)cc2)S(C)(=O)=O)nnc1SCC(=O)NC1CC1. The molecule has 0 aliphatic heterocycles. The van der Waals surface area contributed by atoms with Gasteiger partial charge in [0.15, 0.2) is 11.0 Å². The molecule has 3 rings (SSSR count). The maximum Gasteiger partial charge on any atom is 0.232 e. The van der Waals surface area contributed by atoms with Crippen LogP contribution < -0.4 is 9.62 Å². The van der Waals surface area contributed by atoms with Gasteiger partial charge < -0.3 is 9.88 Å². The van der Waals surface area contributed by atoms with Crippen LogP contribution >= 0.6 is 11.8 Å². The summed E-state index contributed by atoms with van der Waals surface area (Å²) < 4.78 is 40.3. The summed E-state index contributed by atoms with van der Waals surface area (Å²) in [4.78, 5) is 11.8. The third kappa shape index (κ3) is 5.19.